The Morgan fingerprint density at radius 1 is 0.923 bits per heavy atom. The number of hydrogen-bond donors (Lipinski definition) is 3. The first kappa shape index (κ1) is 18.9. The molecule has 0 bridgehead atoms. The number of hydrogen-bond acceptors (Lipinski definition) is 3. The number of carbonyl (C=O) groups is 3. The summed E-state index contributed by atoms with van der Waals surface area (Å²) in [6, 6.07) is 12.5. The first-order chi connectivity index (χ1) is 12.3. The molecule has 0 saturated carbocycles. The average molecular weight is 352 g/mol. The van der Waals surface area contributed by atoms with Crippen molar-refractivity contribution in [3.63, 3.8) is 0 Å². The number of rotatable bonds is 6. The third-order valence-corrected chi connectivity index (χ3v) is 3.43. The van der Waals surface area contributed by atoms with Crippen molar-refractivity contribution in [3.8, 4) is 0 Å². The van der Waals surface area contributed by atoms with Crippen LogP contribution in [0.3, 0.4) is 0 Å². The summed E-state index contributed by atoms with van der Waals surface area (Å²) < 4.78 is 0. The van der Waals surface area contributed by atoms with Crippen molar-refractivity contribution in [2.75, 3.05) is 5.32 Å². The summed E-state index contributed by atoms with van der Waals surface area (Å²) in [7, 11) is 0. The quantitative estimate of drug-likeness (QED) is 0.544. The fourth-order valence-corrected chi connectivity index (χ4v) is 2.15. The van der Waals surface area contributed by atoms with Crippen molar-refractivity contribution in [1.29, 1.82) is 0 Å². The lowest BCUT2D eigenvalue weighted by Gasteiger charge is -2.10. The Labute approximate surface area is 151 Å². The molecule has 2 amide bonds. The maximum absolute atomic E-state index is 12.2. The van der Waals surface area contributed by atoms with Crippen molar-refractivity contribution in [2.24, 2.45) is 0 Å². The van der Waals surface area contributed by atoms with Gasteiger partial charge in [-0.2, -0.15) is 0 Å². The highest BCUT2D eigenvalue weighted by atomic mass is 16.4. The van der Waals surface area contributed by atoms with Crippen molar-refractivity contribution in [1.82, 2.24) is 5.32 Å². The fraction of sp³-hybridized carbons (Fsp3) is 0.150. The van der Waals surface area contributed by atoms with Gasteiger partial charge in [-0.1, -0.05) is 18.2 Å². The topological polar surface area (TPSA) is 95.5 Å². The molecule has 6 nitrogen and oxygen atoms in total. The van der Waals surface area contributed by atoms with Gasteiger partial charge in [0.2, 0.25) is 0 Å². The normalized spacial score (nSPS) is 10.7. The molecule has 2 rings (SSSR count). The van der Waals surface area contributed by atoms with Gasteiger partial charge in [-0.3, -0.25) is 4.79 Å². The summed E-state index contributed by atoms with van der Waals surface area (Å²) in [6.07, 6.45) is 3.04. The van der Waals surface area contributed by atoms with Crippen LogP contribution in [-0.2, 0) is 0 Å². The zero-order valence-electron chi connectivity index (χ0n) is 14.5. The number of ketones is 1. The van der Waals surface area contributed by atoms with E-state index in [2.05, 4.69) is 10.6 Å². The molecule has 134 valence electrons. The molecule has 2 aromatic rings. The standard InChI is InChI=1S/C20H20N2O4/c1-13(2)21-20(26)22-17-10-8-15(9-11-17)18(23)12-5-14-3-6-16(7-4-14)19(24)25/h3-13H,1-2H3,(H,24,25)(H2,21,22,26)/b12-5+. The lowest BCUT2D eigenvalue weighted by Crippen LogP contribution is -2.34. The van der Waals surface area contributed by atoms with E-state index in [1.54, 1.807) is 42.5 Å². The van der Waals surface area contributed by atoms with Crippen LogP contribution in [-0.4, -0.2) is 28.9 Å². The van der Waals surface area contributed by atoms with Crippen LogP contribution in [0.1, 0.15) is 40.1 Å². The van der Waals surface area contributed by atoms with E-state index in [0.29, 0.717) is 11.3 Å². The van der Waals surface area contributed by atoms with Crippen molar-refractivity contribution >= 4 is 29.5 Å². The van der Waals surface area contributed by atoms with Crippen LogP contribution in [0.25, 0.3) is 6.08 Å². The van der Waals surface area contributed by atoms with Gasteiger partial charge in [-0.15, -0.1) is 0 Å². The van der Waals surface area contributed by atoms with Gasteiger partial charge in [-0.05, 0) is 61.9 Å². The van der Waals surface area contributed by atoms with Crippen molar-refractivity contribution in [2.45, 2.75) is 19.9 Å². The third-order valence-electron chi connectivity index (χ3n) is 3.43. The number of carbonyl (C=O) groups excluding carboxylic acids is 2. The second kappa shape index (κ2) is 8.62. The molecule has 26 heavy (non-hydrogen) atoms. The number of amides is 2. The van der Waals surface area contributed by atoms with Gasteiger partial charge in [0.25, 0.3) is 0 Å². The number of anilines is 1. The second-order valence-electron chi connectivity index (χ2n) is 5.96. The van der Waals surface area contributed by atoms with Gasteiger partial charge in [0.1, 0.15) is 0 Å². The zero-order chi connectivity index (χ0) is 19.1. The van der Waals surface area contributed by atoms with Crippen LogP contribution in [0.5, 0.6) is 0 Å². The number of carboxylic acids is 1. The smallest absolute Gasteiger partial charge is 0.335 e. The molecule has 0 atom stereocenters. The molecular formula is C20H20N2O4. The number of nitrogens with one attached hydrogen (secondary N) is 2. The Morgan fingerprint density at radius 3 is 2.04 bits per heavy atom. The maximum Gasteiger partial charge on any atom is 0.335 e. The van der Waals surface area contributed by atoms with Crippen molar-refractivity contribution < 1.29 is 19.5 Å². The minimum Gasteiger partial charge on any atom is -0.478 e. The van der Waals surface area contributed by atoms with E-state index >= 15 is 0 Å². The van der Waals surface area contributed by atoms with E-state index < -0.39 is 5.97 Å². The predicted molar refractivity (Wildman–Crippen MR) is 100 cm³/mol. The van der Waals surface area contributed by atoms with Gasteiger partial charge in [0.15, 0.2) is 5.78 Å². The van der Waals surface area contributed by atoms with E-state index in [-0.39, 0.29) is 23.4 Å². The number of urea groups is 1. The third kappa shape index (κ3) is 5.59. The Bertz CT molecular complexity index is 822. The molecule has 0 radical (unpaired) electrons. The molecule has 0 aliphatic heterocycles. The van der Waals surface area contributed by atoms with Gasteiger partial charge in [0.05, 0.1) is 5.56 Å². The highest BCUT2D eigenvalue weighted by Crippen LogP contribution is 2.12. The van der Waals surface area contributed by atoms with E-state index in [0.717, 1.165) is 5.56 Å². The van der Waals surface area contributed by atoms with Crippen LogP contribution in [0.15, 0.2) is 54.6 Å². The molecule has 0 unspecified atom stereocenters. The van der Waals surface area contributed by atoms with Crippen LogP contribution in [0.2, 0.25) is 0 Å². The van der Waals surface area contributed by atoms with Gasteiger partial charge in [-0.25, -0.2) is 9.59 Å². The molecule has 2 aromatic carbocycles. The molecule has 3 N–H and O–H groups in total. The minimum absolute atomic E-state index is 0.0329. The SMILES string of the molecule is CC(C)NC(=O)Nc1ccc(C(=O)/C=C/c2ccc(C(=O)O)cc2)cc1. The lowest BCUT2D eigenvalue weighted by atomic mass is 10.1. The largest absolute Gasteiger partial charge is 0.478 e. The van der Waals surface area contributed by atoms with Crippen molar-refractivity contribution in [3.05, 3.63) is 71.3 Å². The second-order valence-corrected chi connectivity index (χ2v) is 5.96. The molecule has 0 fully saturated rings. The van der Waals surface area contributed by atoms with Crippen LogP contribution in [0, 0.1) is 0 Å². The summed E-state index contributed by atoms with van der Waals surface area (Å²) in [6.45, 7) is 3.73. The first-order valence-corrected chi connectivity index (χ1v) is 8.08. The van der Waals surface area contributed by atoms with Crippen LogP contribution < -0.4 is 10.6 Å². The van der Waals surface area contributed by atoms with Crippen LogP contribution >= 0.6 is 0 Å². The minimum atomic E-state index is -0.993. The number of aromatic carboxylic acids is 1. The maximum atomic E-state index is 12.2. The lowest BCUT2D eigenvalue weighted by molar-refractivity contribution is 0.0696. The molecule has 0 spiro atoms. The summed E-state index contributed by atoms with van der Waals surface area (Å²) >= 11 is 0. The number of allylic oxidation sites excluding steroid dienone is 1. The van der Waals surface area contributed by atoms with Crippen LogP contribution in [0.4, 0.5) is 10.5 Å². The van der Waals surface area contributed by atoms with Gasteiger partial charge in [0, 0.05) is 17.3 Å². The van der Waals surface area contributed by atoms with E-state index in [1.807, 2.05) is 13.8 Å². The molecule has 0 aliphatic carbocycles. The average Bonchev–Trinajstić information content (AvgIpc) is 2.60. The summed E-state index contributed by atoms with van der Waals surface area (Å²) in [5, 5.41) is 14.3. The molecule has 0 aromatic heterocycles. The Hall–Kier alpha value is -3.41. The van der Waals surface area contributed by atoms with E-state index in [1.165, 1.54) is 18.2 Å². The van der Waals surface area contributed by atoms with E-state index in [4.69, 9.17) is 5.11 Å². The molecular weight excluding hydrogens is 332 g/mol. The Kier molecular flexibility index (Phi) is 6.27. The first-order valence-electron chi connectivity index (χ1n) is 8.08. The summed E-state index contributed by atoms with van der Waals surface area (Å²) in [5.41, 5.74) is 2.00. The van der Waals surface area contributed by atoms with Gasteiger partial charge < -0.3 is 15.7 Å². The highest BCUT2D eigenvalue weighted by molar-refractivity contribution is 6.07. The highest BCUT2D eigenvalue weighted by Gasteiger charge is 2.06. The van der Waals surface area contributed by atoms with Gasteiger partial charge >= 0.3 is 12.0 Å². The zero-order valence-corrected chi connectivity index (χ0v) is 14.5. The number of benzene rings is 2. The summed E-state index contributed by atoms with van der Waals surface area (Å²) in [4.78, 5) is 34.6. The monoisotopic (exact) mass is 352 g/mol. The summed E-state index contributed by atoms with van der Waals surface area (Å²) in [5.74, 6) is -1.18. The molecule has 0 aliphatic rings. The fourth-order valence-electron chi connectivity index (χ4n) is 2.15. The molecule has 0 heterocycles. The molecule has 0 saturated heterocycles. The Morgan fingerprint density at radius 2 is 1.50 bits per heavy atom. The Balaban J connectivity index is 1.98. The number of carboxylic acid groups (broad SMARTS) is 1. The van der Waals surface area contributed by atoms with E-state index in [9.17, 15) is 14.4 Å². The molecule has 6 heteroatoms. The predicted octanol–water partition coefficient (Wildman–Crippen LogP) is 3.81.